The molecule has 6 heteroatoms. The van der Waals surface area contributed by atoms with Gasteiger partial charge in [0.15, 0.2) is 0 Å². The zero-order valence-electron chi connectivity index (χ0n) is 14.1. The van der Waals surface area contributed by atoms with Crippen LogP contribution in [-0.2, 0) is 11.3 Å². The summed E-state index contributed by atoms with van der Waals surface area (Å²) < 4.78 is 6.16. The van der Waals surface area contributed by atoms with E-state index in [1.807, 2.05) is 33.0 Å². The molecule has 1 aliphatic heterocycles. The molecule has 5 nitrogen and oxygen atoms in total. The predicted molar refractivity (Wildman–Crippen MR) is 94.2 cm³/mol. The lowest BCUT2D eigenvalue weighted by atomic mass is 9.97. The van der Waals surface area contributed by atoms with Crippen molar-refractivity contribution in [2.75, 3.05) is 19.6 Å². The molecular formula is C17H26BrN3O2. The number of aromatic nitrogens is 1. The van der Waals surface area contributed by atoms with E-state index in [0.717, 1.165) is 37.1 Å². The maximum Gasteiger partial charge on any atom is 0.407 e. The molecule has 1 aromatic heterocycles. The molecule has 2 heterocycles. The van der Waals surface area contributed by atoms with Gasteiger partial charge in [-0.2, -0.15) is 0 Å². The fourth-order valence-electron chi connectivity index (χ4n) is 2.80. The number of likely N-dealkylation sites (tertiary alicyclic amines) is 1. The molecule has 1 amide bonds. The molecule has 0 aliphatic carbocycles. The van der Waals surface area contributed by atoms with Gasteiger partial charge in [0.05, 0.1) is 0 Å². The normalized spacial score (nSPS) is 19.4. The molecule has 0 unspecified atom stereocenters. The lowest BCUT2D eigenvalue weighted by molar-refractivity contribution is 0.0506. The molecule has 1 aromatic rings. The van der Waals surface area contributed by atoms with E-state index in [1.165, 1.54) is 5.56 Å². The van der Waals surface area contributed by atoms with E-state index < -0.39 is 5.60 Å². The molecule has 128 valence electrons. The number of halogens is 1. The van der Waals surface area contributed by atoms with Crippen LogP contribution >= 0.6 is 15.9 Å². The average Bonchev–Trinajstić information content (AvgIpc) is 2.44. The smallest absolute Gasteiger partial charge is 0.407 e. The Morgan fingerprint density at radius 3 is 3.00 bits per heavy atom. The van der Waals surface area contributed by atoms with E-state index in [0.29, 0.717) is 12.5 Å². The van der Waals surface area contributed by atoms with Gasteiger partial charge in [-0.05, 0) is 79.7 Å². The van der Waals surface area contributed by atoms with Crippen molar-refractivity contribution in [2.45, 2.75) is 45.8 Å². The van der Waals surface area contributed by atoms with Crippen LogP contribution in [0.3, 0.4) is 0 Å². The van der Waals surface area contributed by atoms with Crippen LogP contribution in [0, 0.1) is 5.92 Å². The van der Waals surface area contributed by atoms with Crippen LogP contribution in [0.5, 0.6) is 0 Å². The SMILES string of the molecule is CC(C)(C)OC(=O)NC[C@@H]1CCCN(Cc2ccnc(Br)c2)C1. The number of piperidine rings is 1. The third kappa shape index (κ3) is 6.87. The third-order valence-electron chi connectivity index (χ3n) is 3.73. The first-order valence-electron chi connectivity index (χ1n) is 8.11. The van der Waals surface area contributed by atoms with E-state index in [9.17, 15) is 4.79 Å². The molecule has 2 rings (SSSR count). The number of hydrogen-bond acceptors (Lipinski definition) is 4. The Labute approximate surface area is 146 Å². The highest BCUT2D eigenvalue weighted by Gasteiger charge is 2.22. The molecule has 1 atom stereocenters. The van der Waals surface area contributed by atoms with E-state index >= 15 is 0 Å². The number of amides is 1. The number of ether oxygens (including phenoxy) is 1. The largest absolute Gasteiger partial charge is 0.444 e. The summed E-state index contributed by atoms with van der Waals surface area (Å²) in [5.74, 6) is 0.474. The van der Waals surface area contributed by atoms with E-state index in [-0.39, 0.29) is 6.09 Å². The van der Waals surface area contributed by atoms with Crippen molar-refractivity contribution in [3.63, 3.8) is 0 Å². The first-order chi connectivity index (χ1) is 10.8. The summed E-state index contributed by atoms with van der Waals surface area (Å²) in [5, 5.41) is 2.90. The van der Waals surface area contributed by atoms with Crippen molar-refractivity contribution in [1.29, 1.82) is 0 Å². The molecule has 1 N–H and O–H groups in total. The van der Waals surface area contributed by atoms with Gasteiger partial charge in [-0.1, -0.05) is 0 Å². The van der Waals surface area contributed by atoms with Crippen LogP contribution in [-0.4, -0.2) is 41.2 Å². The molecule has 0 aromatic carbocycles. The molecule has 0 radical (unpaired) electrons. The van der Waals surface area contributed by atoms with Gasteiger partial charge in [0, 0.05) is 25.8 Å². The van der Waals surface area contributed by atoms with Gasteiger partial charge in [-0.3, -0.25) is 4.90 Å². The number of carbonyl (C=O) groups is 1. The summed E-state index contributed by atoms with van der Waals surface area (Å²) in [4.78, 5) is 18.4. The second-order valence-corrected chi connectivity index (χ2v) is 7.93. The second kappa shape index (κ2) is 8.11. The van der Waals surface area contributed by atoms with Crippen LogP contribution in [0.25, 0.3) is 0 Å². The summed E-state index contributed by atoms with van der Waals surface area (Å²) >= 11 is 3.41. The van der Waals surface area contributed by atoms with Crippen LogP contribution in [0.2, 0.25) is 0 Å². The highest BCUT2D eigenvalue weighted by Crippen LogP contribution is 2.19. The Hall–Kier alpha value is -1.14. The van der Waals surface area contributed by atoms with E-state index in [1.54, 1.807) is 0 Å². The fourth-order valence-corrected chi connectivity index (χ4v) is 3.21. The van der Waals surface area contributed by atoms with Crippen LogP contribution < -0.4 is 5.32 Å². The van der Waals surface area contributed by atoms with Gasteiger partial charge in [0.25, 0.3) is 0 Å². The standard InChI is InChI=1S/C17H26BrN3O2/c1-17(2,3)23-16(22)20-10-14-5-4-8-21(12-14)11-13-6-7-19-15(18)9-13/h6-7,9,14H,4-5,8,10-12H2,1-3H3,(H,20,22)/t14-/m0/s1. The number of nitrogens with zero attached hydrogens (tertiary/aromatic N) is 2. The van der Waals surface area contributed by atoms with Gasteiger partial charge in [0.2, 0.25) is 0 Å². The zero-order valence-corrected chi connectivity index (χ0v) is 15.7. The fraction of sp³-hybridized carbons (Fsp3) is 0.647. The molecular weight excluding hydrogens is 358 g/mol. The lowest BCUT2D eigenvalue weighted by Gasteiger charge is -2.33. The Morgan fingerprint density at radius 1 is 1.52 bits per heavy atom. The summed E-state index contributed by atoms with van der Waals surface area (Å²) in [7, 11) is 0. The predicted octanol–water partition coefficient (Wildman–Crippen LogP) is 3.58. The molecule has 0 saturated carbocycles. The van der Waals surface area contributed by atoms with Crippen molar-refractivity contribution in [1.82, 2.24) is 15.2 Å². The quantitative estimate of drug-likeness (QED) is 0.807. The first kappa shape index (κ1) is 18.2. The highest BCUT2D eigenvalue weighted by atomic mass is 79.9. The molecule has 23 heavy (non-hydrogen) atoms. The summed E-state index contributed by atoms with van der Waals surface area (Å²) in [6, 6.07) is 4.11. The molecule has 1 aliphatic rings. The van der Waals surface area contributed by atoms with Gasteiger partial charge in [-0.25, -0.2) is 9.78 Å². The Bertz CT molecular complexity index is 531. The van der Waals surface area contributed by atoms with Crippen LogP contribution in [0.4, 0.5) is 4.79 Å². The van der Waals surface area contributed by atoms with Crippen LogP contribution in [0.1, 0.15) is 39.2 Å². The minimum Gasteiger partial charge on any atom is -0.444 e. The molecule has 0 spiro atoms. The van der Waals surface area contributed by atoms with Gasteiger partial charge in [-0.15, -0.1) is 0 Å². The third-order valence-corrected chi connectivity index (χ3v) is 4.17. The maximum atomic E-state index is 11.8. The molecule has 1 fully saturated rings. The van der Waals surface area contributed by atoms with Crippen molar-refractivity contribution >= 4 is 22.0 Å². The van der Waals surface area contributed by atoms with E-state index in [2.05, 4.69) is 37.2 Å². The van der Waals surface area contributed by atoms with E-state index in [4.69, 9.17) is 4.74 Å². The number of pyridine rings is 1. The Balaban J connectivity index is 1.78. The second-order valence-electron chi connectivity index (χ2n) is 7.11. The monoisotopic (exact) mass is 383 g/mol. The van der Waals surface area contributed by atoms with Gasteiger partial charge in [0.1, 0.15) is 10.2 Å². The number of carbonyl (C=O) groups excluding carboxylic acids is 1. The number of nitrogens with one attached hydrogen (secondary N) is 1. The highest BCUT2D eigenvalue weighted by molar-refractivity contribution is 9.10. The topological polar surface area (TPSA) is 54.5 Å². The first-order valence-corrected chi connectivity index (χ1v) is 8.91. The Morgan fingerprint density at radius 2 is 2.30 bits per heavy atom. The van der Waals surface area contributed by atoms with Crippen molar-refractivity contribution in [2.24, 2.45) is 5.92 Å². The lowest BCUT2D eigenvalue weighted by Crippen LogP contribution is -2.41. The minimum atomic E-state index is -0.447. The number of rotatable bonds is 4. The summed E-state index contributed by atoms with van der Waals surface area (Å²) in [6.07, 6.45) is 3.80. The molecule has 0 bridgehead atoms. The van der Waals surface area contributed by atoms with Gasteiger partial charge >= 0.3 is 6.09 Å². The average molecular weight is 384 g/mol. The maximum absolute atomic E-state index is 11.8. The number of alkyl carbamates (subject to hydrolysis) is 1. The zero-order chi connectivity index (χ0) is 16.9. The van der Waals surface area contributed by atoms with Crippen molar-refractivity contribution in [3.05, 3.63) is 28.5 Å². The molecule has 1 saturated heterocycles. The van der Waals surface area contributed by atoms with Gasteiger partial charge < -0.3 is 10.1 Å². The number of hydrogen-bond donors (Lipinski definition) is 1. The van der Waals surface area contributed by atoms with Crippen LogP contribution in [0.15, 0.2) is 22.9 Å². The Kier molecular flexibility index (Phi) is 6.41. The van der Waals surface area contributed by atoms with Crippen molar-refractivity contribution in [3.8, 4) is 0 Å². The summed E-state index contributed by atoms with van der Waals surface area (Å²) in [5.41, 5.74) is 0.810. The van der Waals surface area contributed by atoms with Crippen molar-refractivity contribution < 1.29 is 9.53 Å². The minimum absolute atomic E-state index is 0.326. The summed E-state index contributed by atoms with van der Waals surface area (Å²) in [6.45, 7) is 9.32.